The lowest BCUT2D eigenvalue weighted by atomic mass is 10.1. The molecule has 1 aromatic carbocycles. The minimum absolute atomic E-state index is 0.0270. The van der Waals surface area contributed by atoms with E-state index in [1.165, 1.54) is 36.1 Å². The fourth-order valence-corrected chi connectivity index (χ4v) is 5.08. The first kappa shape index (κ1) is 24.1. The number of rotatable bonds is 7. The number of likely N-dealkylation sites (N-methyl/N-ethyl adjacent to an activating group) is 1. The molecule has 2 amide bonds. The molecule has 0 radical (unpaired) electrons. The van der Waals surface area contributed by atoms with Crippen LogP contribution in [-0.2, 0) is 23.7 Å². The van der Waals surface area contributed by atoms with E-state index in [0.717, 1.165) is 23.7 Å². The summed E-state index contributed by atoms with van der Waals surface area (Å²) in [5, 5.41) is 19.1. The van der Waals surface area contributed by atoms with Crippen LogP contribution in [0.15, 0.2) is 24.5 Å². The van der Waals surface area contributed by atoms with Gasteiger partial charge in [-0.15, -0.1) is 0 Å². The van der Waals surface area contributed by atoms with E-state index in [-0.39, 0.29) is 29.5 Å². The normalized spacial score (nSPS) is 18.0. The molecule has 176 valence electrons. The van der Waals surface area contributed by atoms with Crippen molar-refractivity contribution in [3.8, 4) is 0 Å². The van der Waals surface area contributed by atoms with Crippen molar-refractivity contribution in [3.63, 3.8) is 0 Å². The highest BCUT2D eigenvalue weighted by Gasteiger charge is 2.37. The Kier molecular flexibility index (Phi) is 7.18. The molecule has 2 N–H and O–H groups in total. The predicted octanol–water partition coefficient (Wildman–Crippen LogP) is 1.19. The van der Waals surface area contributed by atoms with Gasteiger partial charge in [0.25, 0.3) is 0 Å². The SMILES string of the molecule is CCc1cc(NC(=O)[NH+]([O-])S(=O)(=O)N(CC2CCCN2C)c2cnn(C)c2)cc(C)c1F. The minimum Gasteiger partial charge on any atom is -0.608 e. The largest absolute Gasteiger partial charge is 0.608 e. The second kappa shape index (κ2) is 9.53. The summed E-state index contributed by atoms with van der Waals surface area (Å²) >= 11 is 0. The number of aromatic nitrogens is 2. The fourth-order valence-electron chi connectivity index (χ4n) is 3.85. The average molecular weight is 469 g/mol. The summed E-state index contributed by atoms with van der Waals surface area (Å²) in [5.74, 6) is -0.395. The molecule has 12 heteroatoms. The van der Waals surface area contributed by atoms with Crippen molar-refractivity contribution in [2.75, 3.05) is 29.8 Å². The van der Waals surface area contributed by atoms with E-state index in [1.807, 2.05) is 11.9 Å². The smallest absolute Gasteiger partial charge is 0.436 e. The van der Waals surface area contributed by atoms with Gasteiger partial charge in [-0.2, -0.15) is 18.0 Å². The lowest BCUT2D eigenvalue weighted by molar-refractivity contribution is -0.604. The highest BCUT2D eigenvalue weighted by atomic mass is 32.2. The van der Waals surface area contributed by atoms with Gasteiger partial charge in [-0.05, 0) is 63.0 Å². The average Bonchev–Trinajstić information content (AvgIpc) is 3.35. The van der Waals surface area contributed by atoms with Crippen LogP contribution < -0.4 is 14.1 Å². The van der Waals surface area contributed by atoms with Crippen molar-refractivity contribution in [1.29, 1.82) is 0 Å². The monoisotopic (exact) mass is 468 g/mol. The predicted molar refractivity (Wildman–Crippen MR) is 119 cm³/mol. The second-order valence-corrected chi connectivity index (χ2v) is 9.81. The van der Waals surface area contributed by atoms with Crippen LogP contribution in [0.1, 0.15) is 30.9 Å². The molecular formula is C20H29FN6O4S. The molecule has 1 aromatic heterocycles. The Labute approximate surface area is 187 Å². The molecule has 10 nitrogen and oxygen atoms in total. The quantitative estimate of drug-likeness (QED) is 0.590. The Balaban J connectivity index is 1.86. The molecule has 1 saturated heterocycles. The topological polar surface area (TPSA) is 115 Å². The van der Waals surface area contributed by atoms with Crippen LogP contribution in [0.25, 0.3) is 0 Å². The number of benzene rings is 1. The lowest BCUT2D eigenvalue weighted by Crippen LogP contribution is -3.14. The third-order valence-electron chi connectivity index (χ3n) is 5.71. The molecular weight excluding hydrogens is 439 g/mol. The van der Waals surface area contributed by atoms with Crippen molar-refractivity contribution in [2.45, 2.75) is 39.2 Å². The first-order valence-electron chi connectivity index (χ1n) is 10.4. The molecule has 2 aromatic rings. The summed E-state index contributed by atoms with van der Waals surface area (Å²) in [6.07, 6.45) is 4.90. The summed E-state index contributed by atoms with van der Waals surface area (Å²) in [6.45, 7) is 4.14. The Bertz CT molecular complexity index is 1090. The summed E-state index contributed by atoms with van der Waals surface area (Å²) in [6, 6.07) is 1.37. The first-order valence-corrected chi connectivity index (χ1v) is 11.8. The molecule has 2 unspecified atom stereocenters. The van der Waals surface area contributed by atoms with Crippen molar-refractivity contribution in [3.05, 3.63) is 46.7 Å². The van der Waals surface area contributed by atoms with Gasteiger partial charge in [0.15, 0.2) is 0 Å². The number of urea groups is 1. The third-order valence-corrected chi connectivity index (χ3v) is 7.30. The molecule has 1 aliphatic heterocycles. The number of halogens is 1. The van der Waals surface area contributed by atoms with Gasteiger partial charge in [0.05, 0.1) is 18.4 Å². The van der Waals surface area contributed by atoms with E-state index in [1.54, 1.807) is 14.0 Å². The number of hydroxylamine groups is 1. The minimum atomic E-state index is -4.68. The standard InChI is InChI=1S/C20H29FN6O4S/c1-5-15-10-16(9-14(2)19(15)21)23-20(28)27(29)32(30,31)26(18-11-22-25(4)12-18)13-17-7-6-8-24(17)3/h9-12,17,27H,5-8,13H2,1-4H3,(H,23,28). The van der Waals surface area contributed by atoms with Crippen LogP contribution in [0.3, 0.4) is 0 Å². The number of carbonyl (C=O) groups excluding carboxylic acids is 1. The highest BCUT2D eigenvalue weighted by molar-refractivity contribution is 7.86. The Morgan fingerprint density at radius 2 is 2.12 bits per heavy atom. The van der Waals surface area contributed by atoms with Crippen molar-refractivity contribution >= 4 is 27.6 Å². The first-order chi connectivity index (χ1) is 15.0. The Morgan fingerprint density at radius 3 is 2.69 bits per heavy atom. The van der Waals surface area contributed by atoms with Crippen LogP contribution in [0.4, 0.5) is 20.6 Å². The number of anilines is 2. The van der Waals surface area contributed by atoms with E-state index in [2.05, 4.69) is 10.4 Å². The number of aryl methyl sites for hydroxylation is 3. The molecule has 32 heavy (non-hydrogen) atoms. The zero-order chi connectivity index (χ0) is 23.6. The van der Waals surface area contributed by atoms with Crippen molar-refractivity contribution in [2.24, 2.45) is 7.05 Å². The molecule has 0 spiro atoms. The molecule has 1 aliphatic rings. The third kappa shape index (κ3) is 4.93. The van der Waals surface area contributed by atoms with Crippen LogP contribution in [0, 0.1) is 17.9 Å². The number of carbonyl (C=O) groups is 1. The number of hydrogen-bond donors (Lipinski definition) is 2. The molecule has 0 saturated carbocycles. The molecule has 2 heterocycles. The highest BCUT2D eigenvalue weighted by Crippen LogP contribution is 2.22. The number of nitrogens with zero attached hydrogens (tertiary/aromatic N) is 4. The molecule has 1 fully saturated rings. The summed E-state index contributed by atoms with van der Waals surface area (Å²) < 4.78 is 41.3. The van der Waals surface area contributed by atoms with E-state index >= 15 is 0 Å². The zero-order valence-electron chi connectivity index (χ0n) is 18.6. The molecule has 3 rings (SSSR count). The number of amides is 2. The summed E-state index contributed by atoms with van der Waals surface area (Å²) in [4.78, 5) is 14.6. The fraction of sp³-hybridized carbons (Fsp3) is 0.500. The van der Waals surface area contributed by atoms with E-state index in [4.69, 9.17) is 0 Å². The van der Waals surface area contributed by atoms with Crippen LogP contribution in [0.5, 0.6) is 0 Å². The maximum absolute atomic E-state index is 14.1. The van der Waals surface area contributed by atoms with Gasteiger partial charge < -0.3 is 10.1 Å². The zero-order valence-corrected chi connectivity index (χ0v) is 19.4. The maximum atomic E-state index is 14.1. The number of nitrogens with one attached hydrogen (secondary N) is 2. The number of hydrogen-bond acceptors (Lipinski definition) is 6. The Hall–Kier alpha value is -2.54. The Morgan fingerprint density at radius 1 is 1.41 bits per heavy atom. The van der Waals surface area contributed by atoms with E-state index in [9.17, 15) is 22.8 Å². The summed E-state index contributed by atoms with van der Waals surface area (Å²) in [7, 11) is -1.15. The second-order valence-electron chi connectivity index (χ2n) is 8.05. The van der Waals surface area contributed by atoms with Gasteiger partial charge in [-0.25, -0.2) is 13.5 Å². The molecule has 2 atom stereocenters. The van der Waals surface area contributed by atoms with Gasteiger partial charge in [0, 0.05) is 25.0 Å². The molecule has 0 bridgehead atoms. The maximum Gasteiger partial charge on any atom is 0.436 e. The van der Waals surface area contributed by atoms with Gasteiger partial charge in [0.1, 0.15) is 5.82 Å². The summed E-state index contributed by atoms with van der Waals surface area (Å²) in [5.41, 5.74) is 1.02. The van der Waals surface area contributed by atoms with Crippen LogP contribution in [0.2, 0.25) is 0 Å². The van der Waals surface area contributed by atoms with E-state index < -0.39 is 26.5 Å². The lowest BCUT2D eigenvalue weighted by Gasteiger charge is -2.31. The van der Waals surface area contributed by atoms with Crippen LogP contribution >= 0.6 is 0 Å². The number of likely N-dealkylation sites (tertiary alicyclic amines) is 1. The van der Waals surface area contributed by atoms with Crippen molar-refractivity contribution in [1.82, 2.24) is 14.7 Å². The van der Waals surface area contributed by atoms with Gasteiger partial charge >= 0.3 is 16.2 Å². The van der Waals surface area contributed by atoms with Gasteiger partial charge in [-0.3, -0.25) is 10.00 Å². The van der Waals surface area contributed by atoms with Gasteiger partial charge in [-0.1, -0.05) is 6.92 Å². The molecule has 0 aliphatic carbocycles. The van der Waals surface area contributed by atoms with E-state index in [0.29, 0.717) is 12.0 Å². The van der Waals surface area contributed by atoms with Crippen LogP contribution in [-0.4, -0.2) is 55.3 Å². The van der Waals surface area contributed by atoms with Gasteiger partial charge in [0.2, 0.25) is 0 Å². The number of quaternary nitrogens is 1. The van der Waals surface area contributed by atoms with Crippen molar-refractivity contribution < 1.29 is 22.1 Å².